The highest BCUT2D eigenvalue weighted by atomic mass is 15.1. The Morgan fingerprint density at radius 2 is 1.78 bits per heavy atom. The smallest absolute Gasteiger partial charge is 0.0220 e. The normalized spacial score (nSPS) is 31.0. The van der Waals surface area contributed by atoms with Crippen LogP contribution in [0.3, 0.4) is 0 Å². The zero-order chi connectivity index (χ0) is 13.1. The highest BCUT2D eigenvalue weighted by molar-refractivity contribution is 4.89. The van der Waals surface area contributed by atoms with Crippen LogP contribution in [-0.4, -0.2) is 37.6 Å². The van der Waals surface area contributed by atoms with E-state index < -0.39 is 0 Å². The van der Waals surface area contributed by atoms with Crippen LogP contribution in [0.2, 0.25) is 0 Å². The molecule has 2 saturated carbocycles. The average molecular weight is 252 g/mol. The maximum atomic E-state index is 3.96. The van der Waals surface area contributed by atoms with Gasteiger partial charge in [0.25, 0.3) is 0 Å². The van der Waals surface area contributed by atoms with Crippen LogP contribution in [0.15, 0.2) is 0 Å². The van der Waals surface area contributed by atoms with Gasteiger partial charge in [-0.1, -0.05) is 26.7 Å². The molecule has 106 valence electrons. The maximum absolute atomic E-state index is 3.96. The number of rotatable bonds is 6. The van der Waals surface area contributed by atoms with Gasteiger partial charge in [-0.15, -0.1) is 0 Å². The molecule has 2 nitrogen and oxygen atoms in total. The van der Waals surface area contributed by atoms with Gasteiger partial charge in [0.2, 0.25) is 0 Å². The summed E-state index contributed by atoms with van der Waals surface area (Å²) in [6, 6.07) is 1.44. The molecule has 0 aromatic rings. The van der Waals surface area contributed by atoms with Crippen molar-refractivity contribution in [1.82, 2.24) is 10.2 Å². The van der Waals surface area contributed by atoms with Crippen molar-refractivity contribution >= 4 is 0 Å². The van der Waals surface area contributed by atoms with Crippen molar-refractivity contribution in [2.24, 2.45) is 17.8 Å². The minimum atomic E-state index is 0.656. The summed E-state index contributed by atoms with van der Waals surface area (Å²) in [6.07, 6.45) is 8.83. The van der Waals surface area contributed by atoms with Gasteiger partial charge in [-0.3, -0.25) is 0 Å². The summed E-state index contributed by atoms with van der Waals surface area (Å²) in [6.45, 7) is 5.87. The van der Waals surface area contributed by atoms with Gasteiger partial charge in [0.1, 0.15) is 0 Å². The average Bonchev–Trinajstić information content (AvgIpc) is 3.11. The van der Waals surface area contributed by atoms with Crippen molar-refractivity contribution in [3.8, 4) is 0 Å². The molecule has 0 heterocycles. The molecule has 0 aliphatic heterocycles. The molecular weight excluding hydrogens is 220 g/mol. The largest absolute Gasteiger partial charge is 0.310 e. The van der Waals surface area contributed by atoms with Crippen molar-refractivity contribution in [3.05, 3.63) is 0 Å². The lowest BCUT2D eigenvalue weighted by molar-refractivity contribution is 0.208. The van der Waals surface area contributed by atoms with E-state index in [4.69, 9.17) is 0 Å². The molecule has 0 saturated heterocycles. The Balaban J connectivity index is 1.81. The molecule has 18 heavy (non-hydrogen) atoms. The predicted octanol–water partition coefficient (Wildman–Crippen LogP) is 3.13. The van der Waals surface area contributed by atoms with Crippen molar-refractivity contribution in [2.75, 3.05) is 20.6 Å². The molecule has 3 atom stereocenters. The molecule has 0 spiro atoms. The third-order valence-electron chi connectivity index (χ3n) is 4.82. The lowest BCUT2D eigenvalue weighted by atomic mass is 9.82. The zero-order valence-electron chi connectivity index (χ0n) is 12.8. The minimum Gasteiger partial charge on any atom is -0.310 e. The first-order valence-corrected chi connectivity index (χ1v) is 7.97. The highest BCUT2D eigenvalue weighted by Gasteiger charge is 2.35. The number of hydrogen-bond acceptors (Lipinski definition) is 2. The SMILES string of the molecule is CC(C)C(CN(C)C)NC1CCCC(C2CC2)C1. The lowest BCUT2D eigenvalue weighted by Crippen LogP contribution is -2.48. The first-order chi connectivity index (χ1) is 8.56. The number of nitrogens with one attached hydrogen (secondary N) is 1. The topological polar surface area (TPSA) is 15.3 Å². The third-order valence-corrected chi connectivity index (χ3v) is 4.82. The van der Waals surface area contributed by atoms with Gasteiger partial charge in [-0.25, -0.2) is 0 Å². The quantitative estimate of drug-likeness (QED) is 0.781. The molecule has 2 fully saturated rings. The van der Waals surface area contributed by atoms with Gasteiger partial charge in [0.15, 0.2) is 0 Å². The molecule has 1 N–H and O–H groups in total. The van der Waals surface area contributed by atoms with Crippen LogP contribution in [0.4, 0.5) is 0 Å². The number of likely N-dealkylation sites (N-methyl/N-ethyl adjacent to an activating group) is 1. The van der Waals surface area contributed by atoms with Crippen LogP contribution in [0.1, 0.15) is 52.4 Å². The lowest BCUT2D eigenvalue weighted by Gasteiger charge is -2.35. The van der Waals surface area contributed by atoms with Crippen LogP contribution in [0.5, 0.6) is 0 Å². The Kier molecular flexibility index (Phi) is 5.08. The molecule has 2 aliphatic rings. The second kappa shape index (κ2) is 6.38. The molecule has 2 heteroatoms. The molecule has 0 amide bonds. The van der Waals surface area contributed by atoms with Crippen LogP contribution in [0.25, 0.3) is 0 Å². The van der Waals surface area contributed by atoms with Gasteiger partial charge in [0, 0.05) is 18.6 Å². The van der Waals surface area contributed by atoms with E-state index in [9.17, 15) is 0 Å². The molecule has 0 radical (unpaired) electrons. The van der Waals surface area contributed by atoms with Gasteiger partial charge in [-0.05, 0) is 57.5 Å². The number of hydrogen-bond donors (Lipinski definition) is 1. The predicted molar refractivity (Wildman–Crippen MR) is 78.8 cm³/mol. The molecule has 3 unspecified atom stereocenters. The first kappa shape index (κ1) is 14.3. The summed E-state index contributed by atoms with van der Waals surface area (Å²) < 4.78 is 0. The number of nitrogens with zero attached hydrogens (tertiary/aromatic N) is 1. The van der Waals surface area contributed by atoms with Gasteiger partial charge >= 0.3 is 0 Å². The van der Waals surface area contributed by atoms with Crippen molar-refractivity contribution < 1.29 is 0 Å². The molecule has 0 aromatic heterocycles. The Bertz CT molecular complexity index is 245. The highest BCUT2D eigenvalue weighted by Crippen LogP contribution is 2.43. The van der Waals surface area contributed by atoms with E-state index in [1.165, 1.54) is 45.1 Å². The molecule has 2 aliphatic carbocycles. The summed E-state index contributed by atoms with van der Waals surface area (Å²) in [4.78, 5) is 2.32. The van der Waals surface area contributed by atoms with Crippen molar-refractivity contribution in [2.45, 2.75) is 64.5 Å². The van der Waals surface area contributed by atoms with Gasteiger partial charge in [0.05, 0.1) is 0 Å². The summed E-state index contributed by atoms with van der Waals surface area (Å²) in [5.74, 6) is 2.87. The van der Waals surface area contributed by atoms with E-state index in [1.54, 1.807) is 0 Å². The van der Waals surface area contributed by atoms with E-state index >= 15 is 0 Å². The Morgan fingerprint density at radius 3 is 2.33 bits per heavy atom. The van der Waals surface area contributed by atoms with Gasteiger partial charge in [-0.2, -0.15) is 0 Å². The summed E-state index contributed by atoms with van der Waals surface area (Å²) in [5, 5.41) is 3.96. The Morgan fingerprint density at radius 1 is 1.06 bits per heavy atom. The van der Waals surface area contributed by atoms with Gasteiger partial charge < -0.3 is 10.2 Å². The van der Waals surface area contributed by atoms with E-state index in [1.807, 2.05) is 0 Å². The third kappa shape index (κ3) is 4.24. The Hall–Kier alpha value is -0.0800. The fourth-order valence-corrected chi connectivity index (χ4v) is 3.53. The molecular formula is C16H32N2. The van der Waals surface area contributed by atoms with E-state index in [0.717, 1.165) is 23.8 Å². The summed E-state index contributed by atoms with van der Waals surface area (Å²) in [5.41, 5.74) is 0. The van der Waals surface area contributed by atoms with Crippen LogP contribution in [-0.2, 0) is 0 Å². The van der Waals surface area contributed by atoms with Crippen LogP contribution in [0, 0.1) is 17.8 Å². The zero-order valence-corrected chi connectivity index (χ0v) is 12.8. The van der Waals surface area contributed by atoms with Crippen LogP contribution < -0.4 is 5.32 Å². The first-order valence-electron chi connectivity index (χ1n) is 7.97. The second-order valence-corrected chi connectivity index (χ2v) is 7.24. The second-order valence-electron chi connectivity index (χ2n) is 7.24. The minimum absolute atomic E-state index is 0.656. The van der Waals surface area contributed by atoms with Crippen molar-refractivity contribution in [3.63, 3.8) is 0 Å². The molecule has 0 aromatic carbocycles. The molecule has 0 bridgehead atoms. The van der Waals surface area contributed by atoms with E-state index in [0.29, 0.717) is 6.04 Å². The monoisotopic (exact) mass is 252 g/mol. The van der Waals surface area contributed by atoms with E-state index in [-0.39, 0.29) is 0 Å². The molecule has 2 rings (SSSR count). The van der Waals surface area contributed by atoms with Crippen molar-refractivity contribution in [1.29, 1.82) is 0 Å². The fourth-order valence-electron chi connectivity index (χ4n) is 3.53. The summed E-state index contributed by atoms with van der Waals surface area (Å²) in [7, 11) is 4.37. The van der Waals surface area contributed by atoms with Crippen LogP contribution >= 0.6 is 0 Å². The standard InChI is InChI=1S/C16H32N2/c1-12(2)16(11-18(3)4)17-15-7-5-6-14(10-15)13-8-9-13/h12-17H,5-11H2,1-4H3. The summed E-state index contributed by atoms with van der Waals surface area (Å²) >= 11 is 0. The Labute approximate surface area is 114 Å². The maximum Gasteiger partial charge on any atom is 0.0220 e. The van der Waals surface area contributed by atoms with E-state index in [2.05, 4.69) is 38.2 Å². The fraction of sp³-hybridized carbons (Fsp3) is 1.00.